The van der Waals surface area contributed by atoms with Crippen molar-refractivity contribution in [2.24, 2.45) is 5.92 Å². The molecule has 128 valence electrons. The van der Waals surface area contributed by atoms with Crippen LogP contribution >= 0.6 is 0 Å². The first-order valence-corrected chi connectivity index (χ1v) is 8.04. The second-order valence-electron chi connectivity index (χ2n) is 5.92. The summed E-state index contributed by atoms with van der Waals surface area (Å²) < 4.78 is 0. The molecule has 0 bridgehead atoms. The maximum atomic E-state index is 12.9. The van der Waals surface area contributed by atoms with E-state index in [0.29, 0.717) is 0 Å². The van der Waals surface area contributed by atoms with E-state index in [-0.39, 0.29) is 6.42 Å². The van der Waals surface area contributed by atoms with Gasteiger partial charge in [-0.05, 0) is 11.1 Å². The van der Waals surface area contributed by atoms with E-state index in [0.717, 1.165) is 11.1 Å². The lowest BCUT2D eigenvalue weighted by molar-refractivity contribution is -0.143. The summed E-state index contributed by atoms with van der Waals surface area (Å²) in [4.78, 5) is 24.4. The molecule has 0 spiro atoms. The fourth-order valence-electron chi connectivity index (χ4n) is 2.73. The lowest BCUT2D eigenvalue weighted by Gasteiger charge is -2.24. The quantitative estimate of drug-likeness (QED) is 0.813. The SMILES string of the molecule is C[C@@H](CC#N)[C@H](NC(=O)C(c1ccccc1)c1ccccc1)C(=O)O. The van der Waals surface area contributed by atoms with Crippen molar-refractivity contribution < 1.29 is 14.7 Å². The molecule has 2 atom stereocenters. The first-order valence-electron chi connectivity index (χ1n) is 8.04. The Bertz CT molecular complexity index is 714. The van der Waals surface area contributed by atoms with Crippen LogP contribution in [0.5, 0.6) is 0 Å². The van der Waals surface area contributed by atoms with E-state index in [1.165, 1.54) is 0 Å². The number of benzene rings is 2. The van der Waals surface area contributed by atoms with Gasteiger partial charge in [0.05, 0.1) is 12.0 Å². The first-order chi connectivity index (χ1) is 12.0. The smallest absolute Gasteiger partial charge is 0.326 e. The summed E-state index contributed by atoms with van der Waals surface area (Å²) in [5.74, 6) is -2.64. The molecule has 0 saturated carbocycles. The second kappa shape index (κ2) is 8.65. The number of nitrogens with zero attached hydrogens (tertiary/aromatic N) is 1. The third-order valence-electron chi connectivity index (χ3n) is 4.07. The van der Waals surface area contributed by atoms with E-state index in [1.54, 1.807) is 6.92 Å². The number of aliphatic carboxylic acids is 1. The fraction of sp³-hybridized carbons (Fsp3) is 0.250. The highest BCUT2D eigenvalue weighted by Crippen LogP contribution is 2.25. The maximum Gasteiger partial charge on any atom is 0.326 e. The maximum absolute atomic E-state index is 12.9. The van der Waals surface area contributed by atoms with Crippen molar-refractivity contribution in [3.8, 4) is 6.07 Å². The van der Waals surface area contributed by atoms with Gasteiger partial charge in [-0.15, -0.1) is 0 Å². The van der Waals surface area contributed by atoms with Gasteiger partial charge >= 0.3 is 5.97 Å². The number of nitrogens with one attached hydrogen (secondary N) is 1. The third kappa shape index (κ3) is 4.67. The molecule has 0 radical (unpaired) electrons. The van der Waals surface area contributed by atoms with Gasteiger partial charge in [0.15, 0.2) is 0 Å². The monoisotopic (exact) mass is 336 g/mol. The second-order valence-corrected chi connectivity index (χ2v) is 5.92. The summed E-state index contributed by atoms with van der Waals surface area (Å²) in [5, 5.41) is 20.8. The number of nitriles is 1. The number of carboxylic acid groups (broad SMARTS) is 1. The molecule has 0 aliphatic heterocycles. The third-order valence-corrected chi connectivity index (χ3v) is 4.07. The number of amides is 1. The van der Waals surface area contributed by atoms with E-state index in [4.69, 9.17) is 5.26 Å². The zero-order chi connectivity index (χ0) is 18.2. The molecule has 2 aromatic carbocycles. The number of carboxylic acids is 1. The molecule has 2 N–H and O–H groups in total. The molecule has 0 unspecified atom stereocenters. The molecule has 2 aromatic rings. The van der Waals surface area contributed by atoms with Gasteiger partial charge in [0.2, 0.25) is 5.91 Å². The lowest BCUT2D eigenvalue weighted by Crippen LogP contribution is -2.47. The van der Waals surface area contributed by atoms with E-state index in [2.05, 4.69) is 5.32 Å². The molecule has 0 saturated heterocycles. The highest BCUT2D eigenvalue weighted by Gasteiger charge is 2.30. The summed E-state index contributed by atoms with van der Waals surface area (Å²) in [6, 6.07) is 19.3. The zero-order valence-corrected chi connectivity index (χ0v) is 13.9. The Balaban J connectivity index is 2.33. The Kier molecular flexibility index (Phi) is 6.30. The molecule has 5 nitrogen and oxygen atoms in total. The average Bonchev–Trinajstić information content (AvgIpc) is 2.61. The minimum absolute atomic E-state index is 0.0542. The van der Waals surface area contributed by atoms with Crippen LogP contribution in [0.4, 0.5) is 0 Å². The van der Waals surface area contributed by atoms with Crippen molar-refractivity contribution >= 4 is 11.9 Å². The van der Waals surface area contributed by atoms with E-state index < -0.39 is 29.8 Å². The van der Waals surface area contributed by atoms with Crippen molar-refractivity contribution in [2.45, 2.75) is 25.3 Å². The van der Waals surface area contributed by atoms with Crippen molar-refractivity contribution in [1.82, 2.24) is 5.32 Å². The van der Waals surface area contributed by atoms with Crippen LogP contribution in [-0.4, -0.2) is 23.0 Å². The van der Waals surface area contributed by atoms with Gasteiger partial charge in [-0.2, -0.15) is 5.26 Å². The van der Waals surface area contributed by atoms with Gasteiger partial charge in [-0.1, -0.05) is 67.6 Å². The molecular weight excluding hydrogens is 316 g/mol. The summed E-state index contributed by atoms with van der Waals surface area (Å²) in [7, 11) is 0. The van der Waals surface area contributed by atoms with Crippen LogP contribution in [0.1, 0.15) is 30.4 Å². The molecule has 0 heterocycles. The highest BCUT2D eigenvalue weighted by atomic mass is 16.4. The number of carbonyl (C=O) groups is 2. The molecule has 0 aromatic heterocycles. The van der Waals surface area contributed by atoms with Gasteiger partial charge in [-0.3, -0.25) is 4.79 Å². The Hall–Kier alpha value is -3.13. The Morgan fingerprint density at radius 1 is 1.04 bits per heavy atom. The van der Waals surface area contributed by atoms with Crippen LogP contribution in [0.25, 0.3) is 0 Å². The van der Waals surface area contributed by atoms with E-state index in [1.807, 2.05) is 66.7 Å². The van der Waals surface area contributed by atoms with E-state index >= 15 is 0 Å². The Morgan fingerprint density at radius 2 is 1.52 bits per heavy atom. The summed E-state index contributed by atoms with van der Waals surface area (Å²) in [6.07, 6.45) is 0.0542. The number of carbonyl (C=O) groups excluding carboxylic acids is 1. The van der Waals surface area contributed by atoms with Gasteiger partial charge < -0.3 is 10.4 Å². The van der Waals surface area contributed by atoms with Crippen molar-refractivity contribution in [1.29, 1.82) is 5.26 Å². The first kappa shape index (κ1) is 18.2. The normalized spacial score (nSPS) is 12.8. The van der Waals surface area contributed by atoms with Gasteiger partial charge in [-0.25, -0.2) is 4.79 Å². The van der Waals surface area contributed by atoms with Gasteiger partial charge in [0, 0.05) is 12.3 Å². The minimum atomic E-state index is -1.14. The molecule has 5 heteroatoms. The fourth-order valence-corrected chi connectivity index (χ4v) is 2.73. The number of hydrogen-bond donors (Lipinski definition) is 2. The summed E-state index contributed by atoms with van der Waals surface area (Å²) in [6.45, 7) is 1.64. The predicted molar refractivity (Wildman–Crippen MR) is 93.7 cm³/mol. The lowest BCUT2D eigenvalue weighted by atomic mass is 9.89. The molecule has 25 heavy (non-hydrogen) atoms. The molecular formula is C20H20N2O3. The largest absolute Gasteiger partial charge is 0.480 e. The van der Waals surface area contributed by atoms with Crippen LogP contribution in [-0.2, 0) is 9.59 Å². The topological polar surface area (TPSA) is 90.2 Å². The molecule has 0 aliphatic carbocycles. The number of rotatable bonds is 7. The molecule has 2 rings (SSSR count). The van der Waals surface area contributed by atoms with Crippen LogP contribution < -0.4 is 5.32 Å². The Labute approximate surface area is 146 Å². The summed E-state index contributed by atoms with van der Waals surface area (Å²) >= 11 is 0. The predicted octanol–water partition coefficient (Wildman–Crippen LogP) is 2.94. The van der Waals surface area contributed by atoms with Crippen molar-refractivity contribution in [3.63, 3.8) is 0 Å². The number of hydrogen-bond acceptors (Lipinski definition) is 3. The van der Waals surface area contributed by atoms with Crippen LogP contribution in [0.3, 0.4) is 0 Å². The highest BCUT2D eigenvalue weighted by molar-refractivity contribution is 5.90. The summed E-state index contributed by atoms with van der Waals surface area (Å²) in [5.41, 5.74) is 1.56. The molecule has 0 aliphatic rings. The van der Waals surface area contributed by atoms with Gasteiger partial charge in [0.25, 0.3) is 0 Å². The van der Waals surface area contributed by atoms with E-state index in [9.17, 15) is 14.7 Å². The van der Waals surface area contributed by atoms with Crippen LogP contribution in [0.15, 0.2) is 60.7 Å². The standard InChI is InChI=1S/C20H20N2O3/c1-14(12-13-21)18(20(24)25)22-19(23)17(15-8-4-2-5-9-15)16-10-6-3-7-11-16/h2-11,14,17-18H,12H2,1H3,(H,22,23)(H,24,25)/t14-,18-/m0/s1. The van der Waals surface area contributed by atoms with Gasteiger partial charge in [0.1, 0.15) is 6.04 Å². The minimum Gasteiger partial charge on any atom is -0.480 e. The van der Waals surface area contributed by atoms with Crippen molar-refractivity contribution in [3.05, 3.63) is 71.8 Å². The average molecular weight is 336 g/mol. The molecule has 1 amide bonds. The van der Waals surface area contributed by atoms with Crippen LogP contribution in [0.2, 0.25) is 0 Å². The molecule has 0 fully saturated rings. The zero-order valence-electron chi connectivity index (χ0n) is 13.9. The van der Waals surface area contributed by atoms with Crippen molar-refractivity contribution in [2.75, 3.05) is 0 Å². The van der Waals surface area contributed by atoms with Crippen LogP contribution in [0, 0.1) is 17.2 Å². The Morgan fingerprint density at radius 3 is 1.92 bits per heavy atom.